The molecule has 2 atom stereocenters. The molecule has 0 radical (unpaired) electrons. The van der Waals surface area contributed by atoms with Crippen LogP contribution >= 0.6 is 0 Å². The minimum Gasteiger partial charge on any atom is -0.392 e. The number of nitrogens with zero attached hydrogens (tertiary/aromatic N) is 1. The van der Waals surface area contributed by atoms with E-state index in [1.54, 1.807) is 31.1 Å². The molecule has 1 N–H and O–H groups in total. The highest BCUT2D eigenvalue weighted by Crippen LogP contribution is 2.40. The van der Waals surface area contributed by atoms with Crippen LogP contribution in [0.3, 0.4) is 0 Å². The smallest absolute Gasteiger partial charge is 0.180 e. The molecule has 2 aromatic rings. The van der Waals surface area contributed by atoms with Gasteiger partial charge in [0.1, 0.15) is 11.6 Å². The number of rotatable bonds is 14. The van der Waals surface area contributed by atoms with Crippen molar-refractivity contribution in [2.24, 2.45) is 0 Å². The van der Waals surface area contributed by atoms with Crippen molar-refractivity contribution in [1.82, 2.24) is 0 Å². The van der Waals surface area contributed by atoms with Crippen molar-refractivity contribution in [2.45, 2.75) is 82.1 Å². The Bertz CT molecular complexity index is 1010. The lowest BCUT2D eigenvalue weighted by atomic mass is 9.84. The summed E-state index contributed by atoms with van der Waals surface area (Å²) in [6.45, 7) is 4.12. The molecule has 0 spiro atoms. The third-order valence-electron chi connectivity index (χ3n) is 6.17. The second-order valence-corrected chi connectivity index (χ2v) is 11.3. The Morgan fingerprint density at radius 1 is 0.882 bits per heavy atom. The van der Waals surface area contributed by atoms with E-state index < -0.39 is 33.5 Å². The van der Waals surface area contributed by atoms with Gasteiger partial charge < -0.3 is 10.0 Å². The van der Waals surface area contributed by atoms with Crippen LogP contribution in [0.25, 0.3) is 0 Å². The lowest BCUT2D eigenvalue weighted by Crippen LogP contribution is -2.25. The summed E-state index contributed by atoms with van der Waals surface area (Å²) in [4.78, 5) is 1.65. The maximum absolute atomic E-state index is 14.9. The Balaban J connectivity index is 2.69. The fraction of sp³-hybridized carbons (Fsp3) is 0.556. The molecular weight excluding hydrogens is 456 g/mol. The molecule has 0 aromatic heterocycles. The number of hydrogen-bond acceptors (Lipinski definition) is 4. The van der Waals surface area contributed by atoms with Gasteiger partial charge in [0, 0.05) is 20.0 Å². The van der Waals surface area contributed by atoms with Crippen LogP contribution < -0.4 is 4.90 Å². The van der Waals surface area contributed by atoms with E-state index in [2.05, 4.69) is 13.8 Å². The van der Waals surface area contributed by atoms with Crippen LogP contribution in [0.2, 0.25) is 0 Å². The fourth-order valence-corrected chi connectivity index (χ4v) is 6.27. The van der Waals surface area contributed by atoms with Crippen molar-refractivity contribution in [3.05, 3.63) is 59.2 Å². The molecule has 7 heteroatoms. The summed E-state index contributed by atoms with van der Waals surface area (Å²) in [5, 5.41) is 11.2. The van der Waals surface area contributed by atoms with Crippen LogP contribution in [0, 0.1) is 11.6 Å². The second kappa shape index (κ2) is 13.2. The van der Waals surface area contributed by atoms with E-state index in [1.165, 1.54) is 24.3 Å². The van der Waals surface area contributed by atoms with Crippen LogP contribution in [0.4, 0.5) is 14.5 Å². The number of benzene rings is 2. The van der Waals surface area contributed by atoms with E-state index in [0.29, 0.717) is 18.4 Å². The first-order valence-corrected chi connectivity index (χ1v) is 13.9. The van der Waals surface area contributed by atoms with Gasteiger partial charge in [-0.3, -0.25) is 0 Å². The maximum atomic E-state index is 14.9. The van der Waals surface area contributed by atoms with Gasteiger partial charge in [0.15, 0.2) is 9.84 Å². The third kappa shape index (κ3) is 7.51. The fourth-order valence-electron chi connectivity index (χ4n) is 4.37. The topological polar surface area (TPSA) is 57.6 Å². The molecule has 190 valence electrons. The number of aliphatic hydroxyl groups is 1. The molecular formula is C27H39F2NO3S. The van der Waals surface area contributed by atoms with Crippen LogP contribution in [0.1, 0.15) is 82.3 Å². The van der Waals surface area contributed by atoms with Crippen LogP contribution in [-0.4, -0.2) is 39.5 Å². The Morgan fingerprint density at radius 2 is 1.50 bits per heavy atom. The number of aliphatic hydroxyl groups excluding tert-OH is 1. The molecule has 0 aliphatic rings. The zero-order chi connectivity index (χ0) is 25.3. The monoisotopic (exact) mass is 495 g/mol. The van der Waals surface area contributed by atoms with E-state index in [4.69, 9.17) is 0 Å². The molecule has 0 unspecified atom stereocenters. The molecule has 34 heavy (non-hydrogen) atoms. The summed E-state index contributed by atoms with van der Waals surface area (Å²) in [7, 11) is -0.418. The summed E-state index contributed by atoms with van der Waals surface area (Å²) in [6.07, 6.45) is 5.37. The first-order valence-electron chi connectivity index (χ1n) is 12.3. The van der Waals surface area contributed by atoms with Gasteiger partial charge in [-0.05, 0) is 48.2 Å². The molecule has 0 saturated heterocycles. The Morgan fingerprint density at radius 3 is 2.09 bits per heavy atom. The Labute approximate surface area is 203 Å². The van der Waals surface area contributed by atoms with Crippen LogP contribution in [0.5, 0.6) is 0 Å². The predicted octanol–water partition coefficient (Wildman–Crippen LogP) is 6.46. The second-order valence-electron chi connectivity index (χ2n) is 9.21. The zero-order valence-corrected chi connectivity index (χ0v) is 21.7. The number of unbranched alkanes of at least 4 members (excludes halogenated alkanes) is 5. The van der Waals surface area contributed by atoms with E-state index in [-0.39, 0.29) is 21.9 Å². The van der Waals surface area contributed by atoms with Crippen LogP contribution in [0.15, 0.2) is 41.3 Å². The van der Waals surface area contributed by atoms with Gasteiger partial charge in [-0.1, -0.05) is 64.5 Å². The van der Waals surface area contributed by atoms with Crippen molar-refractivity contribution in [3.8, 4) is 0 Å². The van der Waals surface area contributed by atoms with E-state index in [0.717, 1.165) is 38.5 Å². The third-order valence-corrected chi connectivity index (χ3v) is 8.07. The number of sulfone groups is 1. The van der Waals surface area contributed by atoms with Crippen molar-refractivity contribution >= 4 is 15.5 Å². The van der Waals surface area contributed by atoms with Gasteiger partial charge in [-0.25, -0.2) is 17.2 Å². The maximum Gasteiger partial charge on any atom is 0.180 e. The summed E-state index contributed by atoms with van der Waals surface area (Å²) in [5.41, 5.74) is 1.05. The van der Waals surface area contributed by atoms with Crippen molar-refractivity contribution in [2.75, 3.05) is 24.7 Å². The normalized spacial score (nSPS) is 13.6. The van der Waals surface area contributed by atoms with Gasteiger partial charge in [0.25, 0.3) is 0 Å². The lowest BCUT2D eigenvalue weighted by Gasteiger charge is -2.29. The molecule has 0 heterocycles. The van der Waals surface area contributed by atoms with E-state index in [1.807, 2.05) is 0 Å². The minimum absolute atomic E-state index is 0.0471. The van der Waals surface area contributed by atoms with Crippen molar-refractivity contribution in [1.29, 1.82) is 0 Å². The summed E-state index contributed by atoms with van der Waals surface area (Å²) in [5.74, 6) is -1.85. The van der Waals surface area contributed by atoms with E-state index >= 15 is 0 Å². The Kier molecular flexibility index (Phi) is 11.0. The van der Waals surface area contributed by atoms with Gasteiger partial charge in [0.2, 0.25) is 0 Å². The number of hydrogen-bond donors (Lipinski definition) is 1. The highest BCUT2D eigenvalue weighted by molar-refractivity contribution is 7.91. The first kappa shape index (κ1) is 28.2. The molecule has 0 aliphatic heterocycles. The zero-order valence-electron chi connectivity index (χ0n) is 20.9. The lowest BCUT2D eigenvalue weighted by molar-refractivity contribution is 0.142. The standard InChI is InChI=1S/C27H39F2NO3S/c1-5-7-9-11-17-34(32,33)27-23(18-22(29)19-24(27)30(3)4)26(25(31)12-10-8-6-2)20-13-15-21(28)16-14-20/h13-16,18-19,25-26,31H,5-12,17H2,1-4H3/t25-,26+/m0/s1. The highest BCUT2D eigenvalue weighted by atomic mass is 32.2. The largest absolute Gasteiger partial charge is 0.392 e. The average molecular weight is 496 g/mol. The van der Waals surface area contributed by atoms with Gasteiger partial charge in [-0.2, -0.15) is 0 Å². The highest BCUT2D eigenvalue weighted by Gasteiger charge is 2.33. The molecule has 0 aliphatic carbocycles. The van der Waals surface area contributed by atoms with Gasteiger partial charge in [-0.15, -0.1) is 0 Å². The first-order chi connectivity index (χ1) is 16.1. The van der Waals surface area contributed by atoms with Crippen molar-refractivity contribution in [3.63, 3.8) is 0 Å². The number of anilines is 1. The Hall–Kier alpha value is -1.99. The summed E-state index contributed by atoms with van der Waals surface area (Å²) < 4.78 is 55.8. The molecule has 4 nitrogen and oxygen atoms in total. The van der Waals surface area contributed by atoms with Gasteiger partial charge >= 0.3 is 0 Å². The van der Waals surface area contributed by atoms with Gasteiger partial charge in [0.05, 0.1) is 22.4 Å². The van der Waals surface area contributed by atoms with E-state index in [9.17, 15) is 22.3 Å². The van der Waals surface area contributed by atoms with Crippen LogP contribution in [-0.2, 0) is 9.84 Å². The van der Waals surface area contributed by atoms with Crippen molar-refractivity contribution < 1.29 is 22.3 Å². The molecule has 2 aromatic carbocycles. The number of halogens is 2. The predicted molar refractivity (Wildman–Crippen MR) is 135 cm³/mol. The quantitative estimate of drug-likeness (QED) is 0.241. The SMILES string of the molecule is CCCCCCS(=O)(=O)c1c([C@@H](c2ccc(F)cc2)[C@@H](O)CCCCC)cc(F)cc1N(C)C. The summed E-state index contributed by atoms with van der Waals surface area (Å²) >= 11 is 0. The molecule has 0 fully saturated rings. The average Bonchev–Trinajstić information content (AvgIpc) is 2.78. The minimum atomic E-state index is -3.78. The molecule has 0 bridgehead atoms. The molecule has 0 saturated carbocycles. The molecule has 0 amide bonds. The summed E-state index contributed by atoms with van der Waals surface area (Å²) in [6, 6.07) is 8.11. The molecule has 2 rings (SSSR count).